The third-order valence-corrected chi connectivity index (χ3v) is 4.73. The molecule has 0 fully saturated rings. The number of rotatable bonds is 4. The van der Waals surface area contributed by atoms with Crippen LogP contribution in [-0.4, -0.2) is 13.0 Å². The van der Waals surface area contributed by atoms with Gasteiger partial charge in [0.05, 0.1) is 7.11 Å². The van der Waals surface area contributed by atoms with Gasteiger partial charge in [0.25, 0.3) is 5.91 Å². The highest BCUT2D eigenvalue weighted by Crippen LogP contribution is 2.39. The van der Waals surface area contributed by atoms with Gasteiger partial charge in [-0.2, -0.15) is 0 Å². The molecule has 1 aliphatic heterocycles. The summed E-state index contributed by atoms with van der Waals surface area (Å²) in [5, 5.41) is 3.50. The molecule has 3 aromatic carbocycles. The molecule has 0 aromatic heterocycles. The van der Waals surface area contributed by atoms with E-state index in [1.54, 1.807) is 7.11 Å². The predicted octanol–water partition coefficient (Wildman–Crippen LogP) is 4.77. The maximum atomic E-state index is 13.1. The number of carbonyl (C=O) groups is 1. The lowest BCUT2D eigenvalue weighted by Gasteiger charge is -2.28. The smallest absolute Gasteiger partial charge is 0.260 e. The summed E-state index contributed by atoms with van der Waals surface area (Å²) in [5.74, 6) is 0.815. The number of para-hydroxylation sites is 1. The van der Waals surface area contributed by atoms with E-state index in [0.29, 0.717) is 0 Å². The second-order valence-corrected chi connectivity index (χ2v) is 6.32. The molecule has 1 aliphatic rings. The molecule has 1 amide bonds. The van der Waals surface area contributed by atoms with Crippen LogP contribution in [0.25, 0.3) is 0 Å². The van der Waals surface area contributed by atoms with E-state index in [2.05, 4.69) is 5.32 Å². The zero-order valence-electron chi connectivity index (χ0n) is 14.8. The zero-order valence-corrected chi connectivity index (χ0v) is 14.8. The Balaban J connectivity index is 1.77. The molecule has 4 heteroatoms. The Morgan fingerprint density at radius 3 is 2.35 bits per heavy atom. The number of benzene rings is 3. The summed E-state index contributed by atoms with van der Waals surface area (Å²) in [6.45, 7) is 2.02. The van der Waals surface area contributed by atoms with Crippen LogP contribution in [0.5, 0.6) is 5.75 Å². The van der Waals surface area contributed by atoms with E-state index < -0.39 is 0 Å². The molecule has 0 radical (unpaired) electrons. The summed E-state index contributed by atoms with van der Waals surface area (Å²) in [6.07, 6.45) is -0.256. The third kappa shape index (κ3) is 2.69. The van der Waals surface area contributed by atoms with Crippen molar-refractivity contribution in [3.05, 3.63) is 89.5 Å². The van der Waals surface area contributed by atoms with Crippen molar-refractivity contribution in [1.82, 2.24) is 0 Å². The number of amides is 1. The van der Waals surface area contributed by atoms with Crippen LogP contribution in [0.1, 0.15) is 27.7 Å². The van der Waals surface area contributed by atoms with Crippen LogP contribution in [0.3, 0.4) is 0 Å². The van der Waals surface area contributed by atoms with E-state index in [9.17, 15) is 4.79 Å². The largest absolute Gasteiger partial charge is 0.497 e. The van der Waals surface area contributed by atoms with Crippen molar-refractivity contribution in [3.8, 4) is 5.75 Å². The van der Waals surface area contributed by atoms with E-state index in [1.165, 1.54) is 0 Å². The van der Waals surface area contributed by atoms with E-state index in [-0.39, 0.29) is 12.1 Å². The van der Waals surface area contributed by atoms with Gasteiger partial charge in [-0.15, -0.1) is 0 Å². The van der Waals surface area contributed by atoms with Gasteiger partial charge in [0.15, 0.2) is 0 Å². The first-order valence-electron chi connectivity index (χ1n) is 8.58. The van der Waals surface area contributed by atoms with Crippen LogP contribution in [0.15, 0.2) is 72.8 Å². The number of nitrogens with zero attached hydrogens (tertiary/aromatic N) is 1. The molecule has 4 nitrogen and oxygen atoms in total. The normalized spacial score (nSPS) is 15.7. The maximum absolute atomic E-state index is 13.1. The number of ether oxygens (including phenoxy) is 1. The fraction of sp³-hybridized carbons (Fsp3) is 0.136. The highest BCUT2D eigenvalue weighted by molar-refractivity contribution is 6.11. The summed E-state index contributed by atoms with van der Waals surface area (Å²) in [5.41, 5.74) is 4.63. The van der Waals surface area contributed by atoms with Crippen LogP contribution < -0.4 is 15.0 Å². The summed E-state index contributed by atoms with van der Waals surface area (Å²) < 4.78 is 5.23. The van der Waals surface area contributed by atoms with Crippen LogP contribution in [0, 0.1) is 6.92 Å². The SMILES string of the molecule is COc1ccc(NC2c3ccccc3C(=O)N2c2ccccc2C)cc1. The molecule has 1 atom stereocenters. The average Bonchev–Trinajstić information content (AvgIpc) is 2.95. The van der Waals surface area contributed by atoms with Crippen LogP contribution >= 0.6 is 0 Å². The molecule has 1 unspecified atom stereocenters. The first-order chi connectivity index (χ1) is 12.7. The fourth-order valence-corrected chi connectivity index (χ4v) is 3.39. The Kier molecular flexibility index (Phi) is 4.09. The van der Waals surface area contributed by atoms with Gasteiger partial charge in [0.2, 0.25) is 0 Å². The van der Waals surface area contributed by atoms with Crippen molar-refractivity contribution < 1.29 is 9.53 Å². The molecule has 0 saturated heterocycles. The van der Waals surface area contributed by atoms with Gasteiger partial charge in [0.1, 0.15) is 11.9 Å². The van der Waals surface area contributed by atoms with Gasteiger partial charge in [-0.1, -0.05) is 36.4 Å². The van der Waals surface area contributed by atoms with Gasteiger partial charge in [0, 0.05) is 22.5 Å². The molecular weight excluding hydrogens is 324 g/mol. The Morgan fingerprint density at radius 1 is 0.923 bits per heavy atom. The Labute approximate surface area is 153 Å². The third-order valence-electron chi connectivity index (χ3n) is 4.73. The van der Waals surface area contributed by atoms with Crippen molar-refractivity contribution in [2.75, 3.05) is 17.3 Å². The summed E-state index contributed by atoms with van der Waals surface area (Å²) >= 11 is 0. The number of hydrogen-bond donors (Lipinski definition) is 1. The minimum absolute atomic E-state index is 0.0147. The Morgan fingerprint density at radius 2 is 1.62 bits per heavy atom. The molecule has 0 spiro atoms. The lowest BCUT2D eigenvalue weighted by Crippen LogP contribution is -2.32. The summed E-state index contributed by atoms with van der Waals surface area (Å²) in [6, 6.07) is 23.5. The Hall–Kier alpha value is -3.27. The number of anilines is 2. The van der Waals surface area contributed by atoms with Gasteiger partial charge < -0.3 is 10.1 Å². The second-order valence-electron chi connectivity index (χ2n) is 6.32. The molecule has 3 aromatic rings. The topological polar surface area (TPSA) is 41.6 Å². The molecule has 26 heavy (non-hydrogen) atoms. The van der Waals surface area contributed by atoms with Crippen molar-refractivity contribution in [3.63, 3.8) is 0 Å². The van der Waals surface area contributed by atoms with Crippen molar-refractivity contribution in [2.45, 2.75) is 13.1 Å². The minimum Gasteiger partial charge on any atom is -0.497 e. The number of methoxy groups -OCH3 is 1. The lowest BCUT2D eigenvalue weighted by atomic mass is 10.1. The molecule has 0 aliphatic carbocycles. The first-order valence-corrected chi connectivity index (χ1v) is 8.58. The standard InChI is InChI=1S/C22H20N2O2/c1-15-7-3-6-10-20(15)24-21(18-8-4-5-9-19(18)22(24)25)23-16-11-13-17(26-2)14-12-16/h3-14,21,23H,1-2H3. The van der Waals surface area contributed by atoms with E-state index >= 15 is 0 Å². The number of hydrogen-bond acceptors (Lipinski definition) is 3. The molecule has 130 valence electrons. The monoisotopic (exact) mass is 344 g/mol. The maximum Gasteiger partial charge on any atom is 0.260 e. The molecular formula is C22H20N2O2. The first kappa shape index (κ1) is 16.2. The van der Waals surface area contributed by atoms with E-state index in [0.717, 1.165) is 33.8 Å². The average molecular weight is 344 g/mol. The molecule has 1 heterocycles. The van der Waals surface area contributed by atoms with Crippen LogP contribution in [-0.2, 0) is 0 Å². The fourth-order valence-electron chi connectivity index (χ4n) is 3.39. The lowest BCUT2D eigenvalue weighted by molar-refractivity contribution is 0.0993. The summed E-state index contributed by atoms with van der Waals surface area (Å²) in [4.78, 5) is 15.0. The number of fused-ring (bicyclic) bond motifs is 1. The molecule has 4 rings (SSSR count). The molecule has 0 bridgehead atoms. The van der Waals surface area contributed by atoms with E-state index in [4.69, 9.17) is 4.74 Å². The van der Waals surface area contributed by atoms with Crippen molar-refractivity contribution >= 4 is 17.3 Å². The Bertz CT molecular complexity index is 950. The van der Waals surface area contributed by atoms with Crippen molar-refractivity contribution in [2.24, 2.45) is 0 Å². The van der Waals surface area contributed by atoms with Crippen LogP contribution in [0.2, 0.25) is 0 Å². The van der Waals surface area contributed by atoms with Gasteiger partial charge in [-0.3, -0.25) is 9.69 Å². The van der Waals surface area contributed by atoms with Gasteiger partial charge >= 0.3 is 0 Å². The minimum atomic E-state index is -0.256. The second kappa shape index (κ2) is 6.56. The quantitative estimate of drug-likeness (QED) is 0.741. The molecule has 0 saturated carbocycles. The van der Waals surface area contributed by atoms with E-state index in [1.807, 2.05) is 84.6 Å². The molecule has 1 N–H and O–H groups in total. The number of aryl methyl sites for hydroxylation is 1. The number of nitrogens with one attached hydrogen (secondary N) is 1. The number of carbonyl (C=O) groups excluding carboxylic acids is 1. The zero-order chi connectivity index (χ0) is 18.1. The van der Waals surface area contributed by atoms with Gasteiger partial charge in [-0.25, -0.2) is 0 Å². The highest BCUT2D eigenvalue weighted by atomic mass is 16.5. The van der Waals surface area contributed by atoms with Gasteiger partial charge in [-0.05, 0) is 48.9 Å². The van der Waals surface area contributed by atoms with Crippen molar-refractivity contribution in [1.29, 1.82) is 0 Å². The van der Waals surface area contributed by atoms with Crippen LogP contribution in [0.4, 0.5) is 11.4 Å². The predicted molar refractivity (Wildman–Crippen MR) is 104 cm³/mol. The summed E-state index contributed by atoms with van der Waals surface area (Å²) in [7, 11) is 1.65. The highest BCUT2D eigenvalue weighted by Gasteiger charge is 2.38.